The highest BCUT2D eigenvalue weighted by molar-refractivity contribution is 14.1. The molecule has 0 atom stereocenters. The lowest BCUT2D eigenvalue weighted by Gasteiger charge is -2.10. The maximum absolute atomic E-state index is 11.7. The molecule has 5 nitrogen and oxygen atoms in total. The number of halogens is 1. The molecule has 0 aliphatic rings. The van der Waals surface area contributed by atoms with Gasteiger partial charge in [-0.25, -0.2) is 9.59 Å². The number of carbonyl (C=O) groups is 2. The van der Waals surface area contributed by atoms with Crippen LogP contribution in [0.25, 0.3) is 0 Å². The second-order valence-corrected chi connectivity index (χ2v) is 5.68. The number of carboxylic acids is 1. The number of rotatable bonds is 7. The maximum Gasteiger partial charge on any atom is 0.337 e. The number of carboxylic acid groups (broad SMARTS) is 1. The summed E-state index contributed by atoms with van der Waals surface area (Å²) in [5.74, 6) is -1.05. The lowest BCUT2D eigenvalue weighted by atomic mass is 10.2. The average molecular weight is 390 g/mol. The van der Waals surface area contributed by atoms with Crippen LogP contribution >= 0.6 is 22.6 Å². The number of unbranched alkanes of at least 4 members (excludes halogenated alkanes) is 3. The summed E-state index contributed by atoms with van der Waals surface area (Å²) in [7, 11) is 0. The number of anilines is 1. The summed E-state index contributed by atoms with van der Waals surface area (Å²) in [5, 5.41) is 14.4. The SMILES string of the molecule is CCCCCCNC(=O)Nc1ccc(I)cc1C(=O)O. The van der Waals surface area contributed by atoms with E-state index < -0.39 is 5.97 Å². The summed E-state index contributed by atoms with van der Waals surface area (Å²) >= 11 is 2.03. The molecule has 0 spiro atoms. The van der Waals surface area contributed by atoms with Gasteiger partial charge in [0.1, 0.15) is 0 Å². The molecule has 3 N–H and O–H groups in total. The summed E-state index contributed by atoms with van der Waals surface area (Å²) < 4.78 is 0.811. The number of aromatic carboxylic acids is 1. The highest BCUT2D eigenvalue weighted by Crippen LogP contribution is 2.18. The van der Waals surface area contributed by atoms with Gasteiger partial charge in [0, 0.05) is 10.1 Å². The third-order valence-electron chi connectivity index (χ3n) is 2.78. The van der Waals surface area contributed by atoms with Gasteiger partial charge in [-0.15, -0.1) is 0 Å². The van der Waals surface area contributed by atoms with Crippen LogP contribution in [0.4, 0.5) is 10.5 Å². The van der Waals surface area contributed by atoms with Crippen molar-refractivity contribution in [1.82, 2.24) is 5.32 Å². The van der Waals surface area contributed by atoms with E-state index >= 15 is 0 Å². The average Bonchev–Trinajstić information content (AvgIpc) is 2.40. The molecule has 0 saturated carbocycles. The number of hydrogen-bond donors (Lipinski definition) is 3. The van der Waals surface area contributed by atoms with Crippen molar-refractivity contribution in [3.8, 4) is 0 Å². The van der Waals surface area contributed by atoms with Crippen LogP contribution in [-0.4, -0.2) is 23.7 Å². The van der Waals surface area contributed by atoms with Crippen LogP contribution in [0.5, 0.6) is 0 Å². The maximum atomic E-state index is 11.7. The van der Waals surface area contributed by atoms with E-state index in [9.17, 15) is 9.59 Å². The van der Waals surface area contributed by atoms with Gasteiger partial charge in [0.15, 0.2) is 0 Å². The first-order valence-electron chi connectivity index (χ1n) is 6.62. The summed E-state index contributed by atoms with van der Waals surface area (Å²) in [6, 6.07) is 4.51. The minimum absolute atomic E-state index is 0.0954. The molecular weight excluding hydrogens is 371 g/mol. The van der Waals surface area contributed by atoms with Gasteiger partial charge in [-0.2, -0.15) is 0 Å². The number of nitrogens with one attached hydrogen (secondary N) is 2. The Morgan fingerprint density at radius 2 is 2.00 bits per heavy atom. The number of amides is 2. The van der Waals surface area contributed by atoms with Crippen LogP contribution in [0, 0.1) is 3.57 Å². The van der Waals surface area contributed by atoms with Crippen molar-refractivity contribution < 1.29 is 14.7 Å². The topological polar surface area (TPSA) is 78.4 Å². The van der Waals surface area contributed by atoms with Gasteiger partial charge in [0.05, 0.1) is 11.3 Å². The lowest BCUT2D eigenvalue weighted by Crippen LogP contribution is -2.30. The number of benzene rings is 1. The first kappa shape index (κ1) is 16.7. The summed E-state index contributed by atoms with van der Waals surface area (Å²) in [6.07, 6.45) is 4.32. The van der Waals surface area contributed by atoms with Gasteiger partial charge in [0.2, 0.25) is 0 Å². The number of urea groups is 1. The Morgan fingerprint density at radius 1 is 1.25 bits per heavy atom. The normalized spacial score (nSPS) is 10.1. The van der Waals surface area contributed by atoms with Crippen molar-refractivity contribution in [2.24, 2.45) is 0 Å². The molecule has 1 aromatic rings. The third kappa shape index (κ3) is 5.77. The molecule has 1 aromatic carbocycles. The first-order chi connectivity index (χ1) is 9.54. The van der Waals surface area contributed by atoms with Crippen molar-refractivity contribution in [3.63, 3.8) is 0 Å². The Balaban J connectivity index is 2.51. The van der Waals surface area contributed by atoms with E-state index in [0.29, 0.717) is 12.2 Å². The molecule has 0 saturated heterocycles. The smallest absolute Gasteiger partial charge is 0.337 e. The number of carbonyl (C=O) groups excluding carboxylic acids is 1. The standard InChI is InChI=1S/C14H19IN2O3/c1-2-3-4-5-8-16-14(20)17-12-7-6-10(15)9-11(12)13(18)19/h6-7,9H,2-5,8H2,1H3,(H,18,19)(H2,16,17,20). The second-order valence-electron chi connectivity index (χ2n) is 4.44. The predicted octanol–water partition coefficient (Wildman–Crippen LogP) is 3.69. The van der Waals surface area contributed by atoms with Crippen LogP contribution in [0.2, 0.25) is 0 Å². The van der Waals surface area contributed by atoms with Crippen molar-refractivity contribution in [1.29, 1.82) is 0 Å². The molecule has 20 heavy (non-hydrogen) atoms. The zero-order chi connectivity index (χ0) is 15.0. The molecular formula is C14H19IN2O3. The number of hydrogen-bond acceptors (Lipinski definition) is 2. The third-order valence-corrected chi connectivity index (χ3v) is 3.45. The van der Waals surface area contributed by atoms with Gasteiger partial charge >= 0.3 is 12.0 Å². The van der Waals surface area contributed by atoms with Gasteiger partial charge in [-0.3, -0.25) is 0 Å². The molecule has 2 amide bonds. The Kier molecular flexibility index (Phi) is 7.35. The molecule has 0 radical (unpaired) electrons. The van der Waals surface area contributed by atoms with Gasteiger partial charge in [-0.05, 0) is 47.2 Å². The Labute approximate surface area is 132 Å². The Bertz CT molecular complexity index is 477. The lowest BCUT2D eigenvalue weighted by molar-refractivity contribution is 0.0698. The predicted molar refractivity (Wildman–Crippen MR) is 87.3 cm³/mol. The van der Waals surface area contributed by atoms with Gasteiger partial charge in [0.25, 0.3) is 0 Å². The van der Waals surface area contributed by atoms with Crippen LogP contribution in [-0.2, 0) is 0 Å². The highest BCUT2D eigenvalue weighted by Gasteiger charge is 2.12. The quantitative estimate of drug-likeness (QED) is 0.491. The van der Waals surface area contributed by atoms with Gasteiger partial charge < -0.3 is 15.7 Å². The monoisotopic (exact) mass is 390 g/mol. The van der Waals surface area contributed by atoms with Crippen LogP contribution < -0.4 is 10.6 Å². The molecule has 110 valence electrons. The molecule has 0 aromatic heterocycles. The zero-order valence-corrected chi connectivity index (χ0v) is 13.6. The second kappa shape index (κ2) is 8.78. The summed E-state index contributed by atoms with van der Waals surface area (Å²) in [4.78, 5) is 22.8. The molecule has 0 aliphatic carbocycles. The van der Waals surface area contributed by atoms with Gasteiger partial charge in [-0.1, -0.05) is 26.2 Å². The molecule has 0 fully saturated rings. The Hall–Kier alpha value is -1.31. The fourth-order valence-corrected chi connectivity index (χ4v) is 2.21. The van der Waals surface area contributed by atoms with E-state index in [1.807, 2.05) is 22.6 Å². The van der Waals surface area contributed by atoms with Crippen LogP contribution in [0.3, 0.4) is 0 Å². The summed E-state index contributed by atoms with van der Waals surface area (Å²) in [6.45, 7) is 2.73. The highest BCUT2D eigenvalue weighted by atomic mass is 127. The fraction of sp³-hybridized carbons (Fsp3) is 0.429. The van der Waals surface area contributed by atoms with E-state index in [4.69, 9.17) is 5.11 Å². The molecule has 0 aliphatic heterocycles. The van der Waals surface area contributed by atoms with E-state index in [0.717, 1.165) is 29.3 Å². The van der Waals surface area contributed by atoms with Crippen LogP contribution in [0.15, 0.2) is 18.2 Å². The zero-order valence-electron chi connectivity index (χ0n) is 11.4. The van der Waals surface area contributed by atoms with Crippen molar-refractivity contribution in [2.45, 2.75) is 32.6 Å². The molecule has 0 unspecified atom stereocenters. The van der Waals surface area contributed by atoms with Crippen molar-refractivity contribution in [3.05, 3.63) is 27.3 Å². The van der Waals surface area contributed by atoms with E-state index in [-0.39, 0.29) is 11.6 Å². The molecule has 0 bridgehead atoms. The molecule has 6 heteroatoms. The van der Waals surface area contributed by atoms with E-state index in [2.05, 4.69) is 17.6 Å². The summed E-state index contributed by atoms with van der Waals surface area (Å²) in [5.41, 5.74) is 0.405. The van der Waals surface area contributed by atoms with E-state index in [1.54, 1.807) is 12.1 Å². The van der Waals surface area contributed by atoms with Crippen molar-refractivity contribution in [2.75, 3.05) is 11.9 Å². The fourth-order valence-electron chi connectivity index (χ4n) is 1.72. The van der Waals surface area contributed by atoms with E-state index in [1.165, 1.54) is 6.07 Å². The largest absolute Gasteiger partial charge is 0.478 e. The first-order valence-corrected chi connectivity index (χ1v) is 7.70. The minimum Gasteiger partial charge on any atom is -0.478 e. The van der Waals surface area contributed by atoms with Crippen LogP contribution in [0.1, 0.15) is 43.0 Å². The Morgan fingerprint density at radius 3 is 2.65 bits per heavy atom. The molecule has 0 heterocycles. The van der Waals surface area contributed by atoms with Crippen molar-refractivity contribution >= 4 is 40.3 Å². The molecule has 1 rings (SSSR count). The minimum atomic E-state index is -1.05.